The van der Waals surface area contributed by atoms with Gasteiger partial charge in [-0.25, -0.2) is 4.39 Å². The van der Waals surface area contributed by atoms with E-state index in [4.69, 9.17) is 22.1 Å². The van der Waals surface area contributed by atoms with Crippen molar-refractivity contribution in [2.75, 3.05) is 5.73 Å². The molecule has 5 nitrogen and oxygen atoms in total. The highest BCUT2D eigenvalue weighted by Crippen LogP contribution is 2.36. The van der Waals surface area contributed by atoms with Crippen molar-refractivity contribution in [1.82, 2.24) is 0 Å². The van der Waals surface area contributed by atoms with Gasteiger partial charge in [0.15, 0.2) is 0 Å². The average molecular weight is 283 g/mol. The highest BCUT2D eigenvalue weighted by Gasteiger charge is 2.19. The van der Waals surface area contributed by atoms with Gasteiger partial charge in [-0.1, -0.05) is 17.7 Å². The molecule has 2 aromatic carbocycles. The minimum atomic E-state index is -0.675. The molecular formula is C12H8ClFN2O3. The Balaban J connectivity index is 2.40. The summed E-state index contributed by atoms with van der Waals surface area (Å²) >= 11 is 5.53. The van der Waals surface area contributed by atoms with Gasteiger partial charge >= 0.3 is 5.69 Å². The molecule has 0 heterocycles. The lowest BCUT2D eigenvalue weighted by atomic mass is 10.2. The molecule has 0 radical (unpaired) electrons. The molecule has 0 aliphatic carbocycles. The number of nitrogens with two attached hydrogens (primary N) is 1. The first-order valence-corrected chi connectivity index (χ1v) is 5.52. The van der Waals surface area contributed by atoms with Crippen molar-refractivity contribution in [2.45, 2.75) is 0 Å². The summed E-state index contributed by atoms with van der Waals surface area (Å²) in [6.07, 6.45) is 0. The summed E-state index contributed by atoms with van der Waals surface area (Å²) in [5.41, 5.74) is 5.12. The molecule has 0 bridgehead atoms. The number of nitrogen functional groups attached to an aromatic ring is 1. The normalized spacial score (nSPS) is 10.2. The number of rotatable bonds is 3. The number of ether oxygens (including phenoxy) is 1. The van der Waals surface area contributed by atoms with Crippen LogP contribution in [0, 0.1) is 15.9 Å². The number of nitro benzene ring substituents is 1. The van der Waals surface area contributed by atoms with E-state index in [2.05, 4.69) is 0 Å². The Morgan fingerprint density at radius 1 is 1.32 bits per heavy atom. The SMILES string of the molecule is Nc1cccc(Oc2ccc(Cl)c(F)c2)c1[N+](=O)[O-]. The van der Waals surface area contributed by atoms with Gasteiger partial charge in [-0.2, -0.15) is 0 Å². The summed E-state index contributed by atoms with van der Waals surface area (Å²) in [4.78, 5) is 10.2. The Hall–Kier alpha value is -2.34. The molecule has 0 amide bonds. The molecule has 7 heteroatoms. The molecule has 0 atom stereocenters. The number of hydrogen-bond donors (Lipinski definition) is 1. The van der Waals surface area contributed by atoms with Crippen LogP contribution >= 0.6 is 11.6 Å². The van der Waals surface area contributed by atoms with E-state index >= 15 is 0 Å². The second kappa shape index (κ2) is 5.11. The third-order valence-corrected chi connectivity index (χ3v) is 2.64. The molecule has 0 spiro atoms. The molecular weight excluding hydrogens is 275 g/mol. The fourth-order valence-electron chi connectivity index (χ4n) is 1.48. The van der Waals surface area contributed by atoms with E-state index in [1.54, 1.807) is 0 Å². The summed E-state index contributed by atoms with van der Waals surface area (Å²) in [6, 6.07) is 8.00. The number of halogens is 2. The largest absolute Gasteiger partial charge is 0.450 e. The van der Waals surface area contributed by atoms with Crippen LogP contribution in [0.5, 0.6) is 11.5 Å². The first-order valence-electron chi connectivity index (χ1n) is 5.15. The van der Waals surface area contributed by atoms with Crippen LogP contribution in [0.2, 0.25) is 5.02 Å². The van der Waals surface area contributed by atoms with E-state index in [0.29, 0.717) is 0 Å². The molecule has 0 aliphatic rings. The van der Waals surface area contributed by atoms with E-state index < -0.39 is 10.7 Å². The first kappa shape index (κ1) is 13.1. The van der Waals surface area contributed by atoms with Crippen molar-refractivity contribution in [2.24, 2.45) is 0 Å². The summed E-state index contributed by atoms with van der Waals surface area (Å²) < 4.78 is 18.5. The van der Waals surface area contributed by atoms with Crippen LogP contribution in [0.4, 0.5) is 15.8 Å². The molecule has 2 rings (SSSR count). The van der Waals surface area contributed by atoms with Gasteiger partial charge in [0.05, 0.1) is 9.95 Å². The predicted octanol–water partition coefficient (Wildman–Crippen LogP) is 3.76. The second-order valence-electron chi connectivity index (χ2n) is 3.63. The van der Waals surface area contributed by atoms with E-state index in [1.807, 2.05) is 0 Å². The number of nitrogens with zero attached hydrogens (tertiary/aromatic N) is 1. The summed E-state index contributed by atoms with van der Waals surface area (Å²) in [5, 5.41) is 10.8. The minimum absolute atomic E-state index is 0.0306. The number of para-hydroxylation sites is 1. The molecule has 0 aliphatic heterocycles. The van der Waals surface area contributed by atoms with Crippen molar-refractivity contribution in [3.8, 4) is 11.5 Å². The maximum atomic E-state index is 13.2. The Labute approximate surface area is 112 Å². The average Bonchev–Trinajstić information content (AvgIpc) is 2.33. The molecule has 0 aromatic heterocycles. The number of benzene rings is 2. The van der Waals surface area contributed by atoms with Gasteiger partial charge in [-0.15, -0.1) is 0 Å². The van der Waals surface area contributed by atoms with Crippen molar-refractivity contribution >= 4 is 23.0 Å². The highest BCUT2D eigenvalue weighted by atomic mass is 35.5. The van der Waals surface area contributed by atoms with Crippen molar-refractivity contribution in [3.05, 3.63) is 57.4 Å². The van der Waals surface area contributed by atoms with Gasteiger partial charge in [-0.3, -0.25) is 10.1 Å². The van der Waals surface area contributed by atoms with Crippen molar-refractivity contribution in [1.29, 1.82) is 0 Å². The lowest BCUT2D eigenvalue weighted by Crippen LogP contribution is -1.98. The van der Waals surface area contributed by atoms with Crippen LogP contribution < -0.4 is 10.5 Å². The van der Waals surface area contributed by atoms with Crippen LogP contribution in [0.1, 0.15) is 0 Å². The van der Waals surface area contributed by atoms with E-state index in [1.165, 1.54) is 30.3 Å². The lowest BCUT2D eigenvalue weighted by molar-refractivity contribution is -0.384. The van der Waals surface area contributed by atoms with Gasteiger partial charge in [-0.05, 0) is 24.3 Å². The molecule has 2 N–H and O–H groups in total. The van der Waals surface area contributed by atoms with Crippen molar-refractivity contribution < 1.29 is 14.1 Å². The van der Waals surface area contributed by atoms with E-state index in [0.717, 1.165) is 6.07 Å². The van der Waals surface area contributed by atoms with Gasteiger partial charge in [0.1, 0.15) is 17.3 Å². The molecule has 0 saturated carbocycles. The maximum absolute atomic E-state index is 13.2. The van der Waals surface area contributed by atoms with Gasteiger partial charge in [0, 0.05) is 6.07 Å². The minimum Gasteiger partial charge on any atom is -0.450 e. The Bertz CT molecular complexity index is 649. The standard InChI is InChI=1S/C12H8ClFN2O3/c13-8-5-4-7(6-9(8)14)19-11-3-1-2-10(15)12(11)16(17)18/h1-6H,15H2. The summed E-state index contributed by atoms with van der Waals surface area (Å²) in [6.45, 7) is 0. The Kier molecular flexibility index (Phi) is 3.52. The fraction of sp³-hybridized carbons (Fsp3) is 0. The van der Waals surface area contributed by atoms with Crippen LogP contribution in [0.25, 0.3) is 0 Å². The fourth-order valence-corrected chi connectivity index (χ4v) is 1.60. The maximum Gasteiger partial charge on any atom is 0.334 e. The van der Waals surface area contributed by atoms with E-state index in [9.17, 15) is 14.5 Å². The van der Waals surface area contributed by atoms with Gasteiger partial charge < -0.3 is 10.5 Å². The quantitative estimate of drug-likeness (QED) is 0.528. The first-order chi connectivity index (χ1) is 8.99. The second-order valence-corrected chi connectivity index (χ2v) is 4.04. The zero-order valence-corrected chi connectivity index (χ0v) is 10.2. The molecule has 0 unspecified atom stereocenters. The zero-order valence-electron chi connectivity index (χ0n) is 9.47. The highest BCUT2D eigenvalue weighted by molar-refractivity contribution is 6.30. The van der Waals surface area contributed by atoms with E-state index in [-0.39, 0.29) is 27.9 Å². The van der Waals surface area contributed by atoms with Gasteiger partial charge in [0.2, 0.25) is 5.75 Å². The zero-order chi connectivity index (χ0) is 14.0. The molecule has 0 fully saturated rings. The van der Waals surface area contributed by atoms with Gasteiger partial charge in [0.25, 0.3) is 0 Å². The number of anilines is 1. The smallest absolute Gasteiger partial charge is 0.334 e. The number of hydrogen-bond acceptors (Lipinski definition) is 4. The molecule has 2 aromatic rings. The van der Waals surface area contributed by atoms with Crippen LogP contribution in [-0.2, 0) is 0 Å². The third-order valence-electron chi connectivity index (χ3n) is 2.33. The topological polar surface area (TPSA) is 78.4 Å². The van der Waals surface area contributed by atoms with Crippen LogP contribution in [0.3, 0.4) is 0 Å². The molecule has 98 valence electrons. The van der Waals surface area contributed by atoms with Crippen LogP contribution in [0.15, 0.2) is 36.4 Å². The Morgan fingerprint density at radius 3 is 2.68 bits per heavy atom. The molecule has 0 saturated heterocycles. The third kappa shape index (κ3) is 2.74. The summed E-state index contributed by atoms with van der Waals surface area (Å²) in [7, 11) is 0. The predicted molar refractivity (Wildman–Crippen MR) is 69.0 cm³/mol. The summed E-state index contributed by atoms with van der Waals surface area (Å²) in [5.74, 6) is -0.645. The number of nitro groups is 1. The van der Waals surface area contributed by atoms with Crippen LogP contribution in [-0.4, -0.2) is 4.92 Å². The monoisotopic (exact) mass is 282 g/mol. The Morgan fingerprint density at radius 2 is 2.05 bits per heavy atom. The molecule has 19 heavy (non-hydrogen) atoms. The lowest BCUT2D eigenvalue weighted by Gasteiger charge is -2.07. The van der Waals surface area contributed by atoms with Crippen molar-refractivity contribution in [3.63, 3.8) is 0 Å².